The van der Waals surface area contributed by atoms with Gasteiger partial charge in [-0.05, 0) is 66.7 Å². The molecule has 0 saturated carbocycles. The fraction of sp³-hybridized carbons (Fsp3) is 0.905. The van der Waals surface area contributed by atoms with Crippen molar-refractivity contribution in [3.8, 4) is 0 Å². The van der Waals surface area contributed by atoms with Gasteiger partial charge in [-0.1, -0.05) is 0 Å². The predicted octanol–water partition coefficient (Wildman–Crippen LogP) is 3.35. The summed E-state index contributed by atoms with van der Waals surface area (Å²) in [5, 5.41) is 3.40. The molecule has 0 radical (unpaired) electrons. The van der Waals surface area contributed by atoms with Gasteiger partial charge >= 0.3 is 6.09 Å². The van der Waals surface area contributed by atoms with Gasteiger partial charge in [0.1, 0.15) is 5.60 Å². The van der Waals surface area contributed by atoms with Crippen LogP contribution in [0.15, 0.2) is 4.99 Å². The van der Waals surface area contributed by atoms with E-state index in [1.165, 1.54) is 0 Å². The van der Waals surface area contributed by atoms with Crippen LogP contribution in [0.3, 0.4) is 0 Å². The van der Waals surface area contributed by atoms with Gasteiger partial charge in [0.25, 0.3) is 0 Å². The maximum absolute atomic E-state index is 12.4. The van der Waals surface area contributed by atoms with Crippen LogP contribution in [0.4, 0.5) is 4.79 Å². The fourth-order valence-electron chi connectivity index (χ4n) is 3.22. The Bertz CT molecular complexity index is 469. The number of carbonyl (C=O) groups is 1. The first-order valence-corrected chi connectivity index (χ1v) is 10.9. The lowest BCUT2D eigenvalue weighted by Gasteiger charge is -2.36. The minimum atomic E-state index is -0.451. The Morgan fingerprint density at radius 2 is 1.89 bits per heavy atom. The normalized spacial score (nSPS) is 16.2. The van der Waals surface area contributed by atoms with Crippen molar-refractivity contribution in [1.29, 1.82) is 0 Å². The average Bonchev–Trinajstić information content (AvgIpc) is 2.64. The highest BCUT2D eigenvalue weighted by Gasteiger charge is 2.27. The number of carbonyl (C=O) groups excluding carboxylic acids is 1. The molecule has 0 spiro atoms. The number of amides is 1. The van der Waals surface area contributed by atoms with Crippen LogP contribution in [-0.4, -0.2) is 79.9 Å². The van der Waals surface area contributed by atoms with Crippen LogP contribution in [0, 0.1) is 5.92 Å². The smallest absolute Gasteiger partial charge is 0.410 e. The fourth-order valence-corrected chi connectivity index (χ4v) is 3.22. The minimum Gasteiger partial charge on any atom is -0.444 e. The first kappa shape index (κ1) is 24.5. The summed E-state index contributed by atoms with van der Waals surface area (Å²) in [6.45, 7) is 18.4. The molecule has 1 rings (SSSR count). The van der Waals surface area contributed by atoms with Crippen LogP contribution in [0.1, 0.15) is 60.8 Å². The van der Waals surface area contributed by atoms with E-state index in [-0.39, 0.29) is 6.09 Å². The highest BCUT2D eigenvalue weighted by molar-refractivity contribution is 5.80. The second-order valence-corrected chi connectivity index (χ2v) is 8.24. The zero-order valence-corrected chi connectivity index (χ0v) is 18.9. The Hall–Kier alpha value is -1.50. The van der Waals surface area contributed by atoms with Crippen molar-refractivity contribution in [2.24, 2.45) is 10.9 Å². The standard InChI is InChI=1S/C21H42N4O3/c1-7-22-19(23-13-10-16-27-9-3)25-14-11-18(12-15-25)17-24(8-2)20(26)28-21(4,5)6/h18H,7-17H2,1-6H3,(H,22,23). The molecule has 1 amide bonds. The third-order valence-electron chi connectivity index (χ3n) is 4.67. The predicted molar refractivity (Wildman–Crippen MR) is 115 cm³/mol. The highest BCUT2D eigenvalue weighted by atomic mass is 16.6. The van der Waals surface area contributed by atoms with Crippen LogP contribution in [0.2, 0.25) is 0 Å². The molecule has 0 unspecified atom stereocenters. The van der Waals surface area contributed by atoms with Crippen molar-refractivity contribution in [3.63, 3.8) is 0 Å². The summed E-state index contributed by atoms with van der Waals surface area (Å²) < 4.78 is 10.9. The Morgan fingerprint density at radius 1 is 1.21 bits per heavy atom. The van der Waals surface area contributed by atoms with E-state index in [0.717, 1.165) is 71.2 Å². The maximum atomic E-state index is 12.4. The van der Waals surface area contributed by atoms with E-state index in [1.807, 2.05) is 39.5 Å². The number of nitrogens with one attached hydrogen (secondary N) is 1. The van der Waals surface area contributed by atoms with Crippen LogP contribution in [-0.2, 0) is 9.47 Å². The summed E-state index contributed by atoms with van der Waals surface area (Å²) in [4.78, 5) is 21.3. The molecule has 0 atom stereocenters. The number of aliphatic imine (C=N–C) groups is 1. The summed E-state index contributed by atoms with van der Waals surface area (Å²) in [6, 6.07) is 0. The molecule has 1 N–H and O–H groups in total. The number of ether oxygens (including phenoxy) is 2. The zero-order valence-electron chi connectivity index (χ0n) is 18.9. The molecule has 0 aromatic rings. The lowest BCUT2D eigenvalue weighted by Crippen LogP contribution is -2.48. The summed E-state index contributed by atoms with van der Waals surface area (Å²) in [5.41, 5.74) is -0.451. The van der Waals surface area contributed by atoms with E-state index in [1.54, 1.807) is 0 Å². The Labute approximate surface area is 171 Å². The van der Waals surface area contributed by atoms with E-state index >= 15 is 0 Å². The third kappa shape index (κ3) is 9.62. The van der Waals surface area contributed by atoms with Crippen molar-refractivity contribution in [2.45, 2.75) is 66.4 Å². The second kappa shape index (κ2) is 12.9. The molecule has 0 bridgehead atoms. The van der Waals surface area contributed by atoms with Gasteiger partial charge in [0, 0.05) is 52.5 Å². The van der Waals surface area contributed by atoms with Crippen LogP contribution >= 0.6 is 0 Å². The lowest BCUT2D eigenvalue weighted by molar-refractivity contribution is 0.0214. The molecule has 0 aliphatic carbocycles. The van der Waals surface area contributed by atoms with E-state index < -0.39 is 5.60 Å². The molecular formula is C21H42N4O3. The first-order chi connectivity index (χ1) is 13.3. The molecule has 7 nitrogen and oxygen atoms in total. The summed E-state index contributed by atoms with van der Waals surface area (Å²) in [7, 11) is 0. The monoisotopic (exact) mass is 398 g/mol. The van der Waals surface area contributed by atoms with Gasteiger partial charge in [0.15, 0.2) is 5.96 Å². The van der Waals surface area contributed by atoms with E-state index in [4.69, 9.17) is 14.5 Å². The van der Waals surface area contributed by atoms with E-state index in [0.29, 0.717) is 12.5 Å². The number of rotatable bonds is 9. The van der Waals surface area contributed by atoms with Crippen molar-refractivity contribution >= 4 is 12.1 Å². The van der Waals surface area contributed by atoms with Crippen LogP contribution < -0.4 is 5.32 Å². The molecule has 0 aromatic heterocycles. The summed E-state index contributed by atoms with van der Waals surface area (Å²) >= 11 is 0. The van der Waals surface area contributed by atoms with Gasteiger partial charge in [-0.25, -0.2) is 4.79 Å². The van der Waals surface area contributed by atoms with Crippen molar-refractivity contribution in [1.82, 2.24) is 15.1 Å². The maximum Gasteiger partial charge on any atom is 0.410 e. The Kier molecular flexibility index (Phi) is 11.3. The molecule has 7 heteroatoms. The van der Waals surface area contributed by atoms with Crippen molar-refractivity contribution in [3.05, 3.63) is 0 Å². The van der Waals surface area contributed by atoms with Gasteiger partial charge in [0.05, 0.1) is 0 Å². The number of guanidine groups is 1. The molecule has 1 heterocycles. The van der Waals surface area contributed by atoms with Crippen molar-refractivity contribution in [2.75, 3.05) is 52.5 Å². The van der Waals surface area contributed by atoms with Gasteiger partial charge in [-0.15, -0.1) is 0 Å². The van der Waals surface area contributed by atoms with Crippen LogP contribution in [0.25, 0.3) is 0 Å². The third-order valence-corrected chi connectivity index (χ3v) is 4.67. The van der Waals surface area contributed by atoms with Gasteiger partial charge in [-0.3, -0.25) is 4.99 Å². The Balaban J connectivity index is 2.50. The molecule has 0 aromatic carbocycles. The van der Waals surface area contributed by atoms with Crippen LogP contribution in [0.5, 0.6) is 0 Å². The average molecular weight is 399 g/mol. The molecule has 1 saturated heterocycles. The number of nitrogens with zero attached hydrogens (tertiary/aromatic N) is 3. The lowest BCUT2D eigenvalue weighted by atomic mass is 9.96. The first-order valence-electron chi connectivity index (χ1n) is 10.9. The number of hydrogen-bond donors (Lipinski definition) is 1. The minimum absolute atomic E-state index is 0.207. The van der Waals surface area contributed by atoms with E-state index in [9.17, 15) is 4.79 Å². The second-order valence-electron chi connectivity index (χ2n) is 8.24. The molecule has 164 valence electrons. The topological polar surface area (TPSA) is 66.4 Å². The number of piperidine rings is 1. The quantitative estimate of drug-likeness (QED) is 0.366. The van der Waals surface area contributed by atoms with Crippen molar-refractivity contribution < 1.29 is 14.3 Å². The molecule has 1 fully saturated rings. The van der Waals surface area contributed by atoms with Gasteiger partial charge in [-0.2, -0.15) is 0 Å². The molecule has 1 aliphatic heterocycles. The number of likely N-dealkylation sites (tertiary alicyclic amines) is 1. The molecular weight excluding hydrogens is 356 g/mol. The van der Waals surface area contributed by atoms with Gasteiger partial charge < -0.3 is 24.6 Å². The molecule has 1 aliphatic rings. The van der Waals surface area contributed by atoms with E-state index in [2.05, 4.69) is 17.1 Å². The largest absolute Gasteiger partial charge is 0.444 e. The molecule has 28 heavy (non-hydrogen) atoms. The summed E-state index contributed by atoms with van der Waals surface area (Å²) in [6.07, 6.45) is 2.85. The summed E-state index contributed by atoms with van der Waals surface area (Å²) in [5.74, 6) is 1.50. The highest BCUT2D eigenvalue weighted by Crippen LogP contribution is 2.20. The number of hydrogen-bond acceptors (Lipinski definition) is 4. The zero-order chi connectivity index (χ0) is 21.0. The SMILES string of the molecule is CCNC(=NCCCOCC)N1CCC(CN(CC)C(=O)OC(C)(C)C)CC1. The Morgan fingerprint density at radius 3 is 2.43 bits per heavy atom. The van der Waals surface area contributed by atoms with Gasteiger partial charge in [0.2, 0.25) is 0 Å².